The molecule has 0 radical (unpaired) electrons. The van der Waals surface area contributed by atoms with E-state index in [4.69, 9.17) is 4.74 Å². The maximum atomic E-state index is 11.3. The van der Waals surface area contributed by atoms with Crippen LogP contribution in [0.2, 0.25) is 0 Å². The van der Waals surface area contributed by atoms with Gasteiger partial charge in [0.05, 0.1) is 7.11 Å². The van der Waals surface area contributed by atoms with Crippen molar-refractivity contribution in [2.45, 2.75) is 12.3 Å². The van der Waals surface area contributed by atoms with Gasteiger partial charge in [-0.1, -0.05) is 12.1 Å². The molecule has 0 aliphatic heterocycles. The van der Waals surface area contributed by atoms with Crippen LogP contribution in [-0.4, -0.2) is 20.1 Å². The van der Waals surface area contributed by atoms with Crippen molar-refractivity contribution in [2.24, 2.45) is 5.92 Å². The van der Waals surface area contributed by atoms with Crippen molar-refractivity contribution in [1.29, 1.82) is 0 Å². The molecule has 2 atom stereocenters. The molecule has 15 heavy (non-hydrogen) atoms. The molecule has 0 bridgehead atoms. The van der Waals surface area contributed by atoms with E-state index in [1.807, 2.05) is 24.3 Å². The monoisotopic (exact) mass is 205 g/mol. The normalized spacial score (nSPS) is 23.3. The zero-order chi connectivity index (χ0) is 10.8. The number of amides is 1. The molecule has 1 fully saturated rings. The standard InChI is InChI=1S/C12H15NO2/c1-13-12(14)11-7-10(11)8-3-5-9(15-2)6-4-8/h3-6,10-11H,7H2,1-2H3,(H,13,14). The van der Waals surface area contributed by atoms with Gasteiger partial charge in [0.15, 0.2) is 0 Å². The lowest BCUT2D eigenvalue weighted by atomic mass is 10.1. The van der Waals surface area contributed by atoms with Crippen molar-refractivity contribution >= 4 is 5.91 Å². The van der Waals surface area contributed by atoms with Crippen LogP contribution in [0.1, 0.15) is 17.9 Å². The van der Waals surface area contributed by atoms with Gasteiger partial charge in [-0.05, 0) is 30.0 Å². The molecule has 80 valence electrons. The Morgan fingerprint density at radius 3 is 2.60 bits per heavy atom. The fourth-order valence-corrected chi connectivity index (χ4v) is 1.89. The van der Waals surface area contributed by atoms with E-state index in [1.165, 1.54) is 5.56 Å². The highest BCUT2D eigenvalue weighted by Gasteiger charge is 2.43. The Balaban J connectivity index is 2.04. The van der Waals surface area contributed by atoms with Gasteiger partial charge in [-0.25, -0.2) is 0 Å². The van der Waals surface area contributed by atoms with E-state index in [0.717, 1.165) is 12.2 Å². The van der Waals surface area contributed by atoms with Gasteiger partial charge in [-0.2, -0.15) is 0 Å². The number of ether oxygens (including phenoxy) is 1. The van der Waals surface area contributed by atoms with Crippen molar-refractivity contribution in [2.75, 3.05) is 14.2 Å². The van der Waals surface area contributed by atoms with Gasteiger partial charge in [0.25, 0.3) is 0 Å². The minimum absolute atomic E-state index is 0.149. The lowest BCUT2D eigenvalue weighted by Crippen LogP contribution is -2.20. The van der Waals surface area contributed by atoms with Gasteiger partial charge in [-0.15, -0.1) is 0 Å². The van der Waals surface area contributed by atoms with Crippen LogP contribution < -0.4 is 10.1 Å². The predicted molar refractivity (Wildman–Crippen MR) is 57.9 cm³/mol. The molecule has 1 aliphatic carbocycles. The highest BCUT2D eigenvalue weighted by molar-refractivity contribution is 5.82. The Kier molecular flexibility index (Phi) is 2.62. The van der Waals surface area contributed by atoms with Crippen LogP contribution in [0.25, 0.3) is 0 Å². The largest absolute Gasteiger partial charge is 0.497 e. The van der Waals surface area contributed by atoms with Crippen LogP contribution in [0.15, 0.2) is 24.3 Å². The fraction of sp³-hybridized carbons (Fsp3) is 0.417. The second kappa shape index (κ2) is 3.93. The van der Waals surface area contributed by atoms with Crippen molar-refractivity contribution in [1.82, 2.24) is 5.32 Å². The molecule has 0 heterocycles. The first-order valence-electron chi connectivity index (χ1n) is 5.12. The lowest BCUT2D eigenvalue weighted by molar-refractivity contribution is -0.121. The summed E-state index contributed by atoms with van der Waals surface area (Å²) >= 11 is 0. The Labute approximate surface area is 89.4 Å². The van der Waals surface area contributed by atoms with Crippen molar-refractivity contribution in [3.8, 4) is 5.75 Å². The molecule has 1 aliphatic rings. The van der Waals surface area contributed by atoms with E-state index in [2.05, 4.69) is 5.32 Å². The van der Waals surface area contributed by atoms with E-state index < -0.39 is 0 Å². The smallest absolute Gasteiger partial charge is 0.223 e. The molecule has 1 amide bonds. The minimum atomic E-state index is 0.149. The summed E-state index contributed by atoms with van der Waals surface area (Å²) < 4.78 is 5.09. The van der Waals surface area contributed by atoms with Gasteiger partial charge < -0.3 is 10.1 Å². The molecule has 0 spiro atoms. The first-order chi connectivity index (χ1) is 7.26. The number of methoxy groups -OCH3 is 1. The number of nitrogens with one attached hydrogen (secondary N) is 1. The van der Waals surface area contributed by atoms with Crippen LogP contribution in [0.3, 0.4) is 0 Å². The number of carbonyl (C=O) groups is 1. The van der Waals surface area contributed by atoms with Crippen LogP contribution in [-0.2, 0) is 4.79 Å². The average Bonchev–Trinajstić information content (AvgIpc) is 3.08. The summed E-state index contributed by atoms with van der Waals surface area (Å²) in [5.74, 6) is 1.57. The zero-order valence-electron chi connectivity index (χ0n) is 8.99. The highest BCUT2D eigenvalue weighted by atomic mass is 16.5. The molecule has 2 unspecified atom stereocenters. The first-order valence-corrected chi connectivity index (χ1v) is 5.12. The second-order valence-electron chi connectivity index (χ2n) is 3.84. The van der Waals surface area contributed by atoms with Gasteiger partial charge in [-0.3, -0.25) is 4.79 Å². The maximum Gasteiger partial charge on any atom is 0.223 e. The predicted octanol–water partition coefficient (Wildman–Crippen LogP) is 1.54. The number of benzene rings is 1. The molecular formula is C12H15NO2. The first kappa shape index (κ1) is 10.0. The van der Waals surface area contributed by atoms with E-state index in [1.54, 1.807) is 14.2 Å². The fourth-order valence-electron chi connectivity index (χ4n) is 1.89. The highest BCUT2D eigenvalue weighted by Crippen LogP contribution is 2.47. The summed E-state index contributed by atoms with van der Waals surface area (Å²) in [6.07, 6.45) is 0.964. The molecular weight excluding hydrogens is 190 g/mol. The van der Waals surface area contributed by atoms with E-state index in [0.29, 0.717) is 5.92 Å². The Morgan fingerprint density at radius 1 is 1.40 bits per heavy atom. The molecule has 3 nitrogen and oxygen atoms in total. The van der Waals surface area contributed by atoms with Crippen molar-refractivity contribution in [3.63, 3.8) is 0 Å². The lowest BCUT2D eigenvalue weighted by Gasteiger charge is -2.02. The molecule has 1 saturated carbocycles. The van der Waals surface area contributed by atoms with Crippen LogP contribution >= 0.6 is 0 Å². The summed E-state index contributed by atoms with van der Waals surface area (Å²) in [7, 11) is 3.34. The van der Waals surface area contributed by atoms with Crippen molar-refractivity contribution < 1.29 is 9.53 Å². The van der Waals surface area contributed by atoms with Gasteiger partial charge >= 0.3 is 0 Å². The summed E-state index contributed by atoms with van der Waals surface area (Å²) in [6.45, 7) is 0. The molecule has 1 aromatic carbocycles. The van der Waals surface area contributed by atoms with E-state index in [-0.39, 0.29) is 11.8 Å². The quantitative estimate of drug-likeness (QED) is 0.813. The minimum Gasteiger partial charge on any atom is -0.497 e. The topological polar surface area (TPSA) is 38.3 Å². The van der Waals surface area contributed by atoms with Crippen LogP contribution in [0, 0.1) is 5.92 Å². The SMILES string of the molecule is CNC(=O)C1CC1c1ccc(OC)cc1. The molecule has 0 aromatic heterocycles. The van der Waals surface area contributed by atoms with Crippen molar-refractivity contribution in [3.05, 3.63) is 29.8 Å². The average molecular weight is 205 g/mol. The van der Waals surface area contributed by atoms with Gasteiger partial charge in [0.2, 0.25) is 5.91 Å². The Hall–Kier alpha value is -1.51. The Bertz CT molecular complexity index is 358. The molecule has 1 aromatic rings. The maximum absolute atomic E-state index is 11.3. The third-order valence-electron chi connectivity index (χ3n) is 2.92. The number of hydrogen-bond donors (Lipinski definition) is 1. The van der Waals surface area contributed by atoms with E-state index >= 15 is 0 Å². The van der Waals surface area contributed by atoms with Crippen LogP contribution in [0.4, 0.5) is 0 Å². The molecule has 3 heteroatoms. The van der Waals surface area contributed by atoms with Gasteiger partial charge in [0, 0.05) is 13.0 Å². The summed E-state index contributed by atoms with van der Waals surface area (Å²) in [5.41, 5.74) is 1.23. The molecule has 1 N–H and O–H groups in total. The van der Waals surface area contributed by atoms with E-state index in [9.17, 15) is 4.79 Å². The number of rotatable bonds is 3. The summed E-state index contributed by atoms with van der Waals surface area (Å²) in [4.78, 5) is 11.3. The zero-order valence-corrected chi connectivity index (χ0v) is 8.99. The van der Waals surface area contributed by atoms with Crippen LogP contribution in [0.5, 0.6) is 5.75 Å². The third-order valence-corrected chi connectivity index (χ3v) is 2.92. The third kappa shape index (κ3) is 1.96. The van der Waals surface area contributed by atoms with Gasteiger partial charge in [0.1, 0.15) is 5.75 Å². The Morgan fingerprint density at radius 2 is 2.07 bits per heavy atom. The molecule has 0 saturated heterocycles. The second-order valence-corrected chi connectivity index (χ2v) is 3.84. The molecule has 2 rings (SSSR count). The summed E-state index contributed by atoms with van der Waals surface area (Å²) in [6, 6.07) is 7.95. The number of carbonyl (C=O) groups excluding carboxylic acids is 1. The summed E-state index contributed by atoms with van der Waals surface area (Å²) in [5, 5.41) is 2.69. The number of hydrogen-bond acceptors (Lipinski definition) is 2.